The maximum absolute atomic E-state index is 11.9. The molecule has 2 aromatic rings. The van der Waals surface area contributed by atoms with Crippen LogP contribution >= 0.6 is 0 Å². The van der Waals surface area contributed by atoms with E-state index in [4.69, 9.17) is 86.5 Å². The van der Waals surface area contributed by atoms with Gasteiger partial charge >= 0.3 is 41.8 Å². The molecule has 4 unspecified atom stereocenters. The smallest absolute Gasteiger partial charge is 0.372 e. The minimum absolute atomic E-state index is 0.0139. The molecule has 762 valence electrons. The van der Waals surface area contributed by atoms with Gasteiger partial charge in [-0.1, -0.05) is 74.5 Å². The molecule has 17 N–H and O–H groups in total. The van der Waals surface area contributed by atoms with Gasteiger partial charge in [0.25, 0.3) is 0 Å². The number of carbonyl (C=O) groups excluding carboxylic acids is 23. The predicted molar refractivity (Wildman–Crippen MR) is 469 cm³/mol. The van der Waals surface area contributed by atoms with Gasteiger partial charge < -0.3 is 106 Å². The second kappa shape index (κ2) is 101. The zero-order valence-corrected chi connectivity index (χ0v) is 77.5. The number of hydrogen-bond acceptors (Lipinski definition) is 40. The van der Waals surface area contributed by atoms with Crippen molar-refractivity contribution in [2.45, 2.75) is 263 Å². The topological polar surface area (TPSA) is 856 Å². The average Bonchev–Trinajstić information content (AvgIpc) is 1.58. The number of aliphatic hydroxyl groups is 10. The summed E-state index contributed by atoms with van der Waals surface area (Å²) in [6.07, 6.45) is 3.31. The lowest BCUT2D eigenvalue weighted by Crippen LogP contribution is -2.23. The van der Waals surface area contributed by atoms with E-state index in [0.717, 1.165) is 26.2 Å². The van der Waals surface area contributed by atoms with Crippen molar-refractivity contribution in [2.75, 3.05) is 26.4 Å². The first-order valence-electron chi connectivity index (χ1n) is 39.7. The number of hydrogen-bond donors (Lipinski definition) is 17. The summed E-state index contributed by atoms with van der Waals surface area (Å²) in [7, 11) is 0. The van der Waals surface area contributed by atoms with Crippen LogP contribution in [0.2, 0.25) is 0 Å². The number of carboxylic acids is 7. The third-order valence-corrected chi connectivity index (χ3v) is 13.5. The lowest BCUT2D eigenvalue weighted by molar-refractivity contribution is -0.150. The lowest BCUT2D eigenvalue weighted by Gasteiger charge is -2.13. The molecular weight excluding hydrogens is 1810 g/mol. The highest BCUT2D eigenvalue weighted by Gasteiger charge is 2.22. The maximum atomic E-state index is 11.9. The molecule has 47 nitrogen and oxygen atoms in total. The van der Waals surface area contributed by atoms with Gasteiger partial charge in [-0.05, 0) is 100.0 Å². The zero-order chi connectivity index (χ0) is 109. The van der Waals surface area contributed by atoms with Crippen molar-refractivity contribution in [2.24, 2.45) is 0 Å². The zero-order valence-electron chi connectivity index (χ0n) is 77.5. The van der Waals surface area contributed by atoms with E-state index in [1.807, 2.05) is 12.1 Å². The molecular formula is C88H128O47. The summed E-state index contributed by atoms with van der Waals surface area (Å²) in [6.45, 7) is 17.6. The van der Waals surface area contributed by atoms with Crippen molar-refractivity contribution in [3.63, 3.8) is 0 Å². The molecule has 0 aromatic heterocycles. The summed E-state index contributed by atoms with van der Waals surface area (Å²) in [5, 5.41) is 138. The number of Topliss-reactive ketones (excluding diaryl/α,β-unsaturated/α-hetero) is 21. The Kier molecular flexibility index (Phi) is 112. The number of carbonyl (C=O) groups is 30. The second-order valence-electron chi connectivity index (χ2n) is 26.6. The largest absolute Gasteiger partial charge is 0.512 e. The first kappa shape index (κ1) is 150. The molecule has 0 aliphatic heterocycles. The van der Waals surface area contributed by atoms with Gasteiger partial charge in [0.1, 0.15) is 122 Å². The minimum Gasteiger partial charge on any atom is -0.512 e. The number of ketones is 21. The van der Waals surface area contributed by atoms with E-state index in [2.05, 4.69) is 0 Å². The molecule has 0 bridgehead atoms. The molecule has 0 heterocycles. The molecule has 2 aromatic carbocycles. The lowest BCUT2D eigenvalue weighted by atomic mass is 9.97. The van der Waals surface area contributed by atoms with Crippen molar-refractivity contribution in [3.05, 3.63) is 83.8 Å². The van der Waals surface area contributed by atoms with Crippen LogP contribution in [0.15, 0.2) is 72.7 Å². The summed E-state index contributed by atoms with van der Waals surface area (Å²) in [4.78, 5) is 299. The fourth-order valence-electron chi connectivity index (χ4n) is 6.38. The van der Waals surface area contributed by atoms with Gasteiger partial charge in [0.05, 0.1) is 32.3 Å². The molecule has 3 aliphatic carbocycles. The third kappa shape index (κ3) is 138. The fraction of sp³-hybridized carbons (Fsp3) is 0.500. The Morgan fingerprint density at radius 1 is 0.385 bits per heavy atom. The molecule has 3 fully saturated rings. The summed E-state index contributed by atoms with van der Waals surface area (Å²) in [5.74, 6) is -14.6. The Labute approximate surface area is 776 Å². The van der Waals surface area contributed by atoms with Gasteiger partial charge in [-0.15, -0.1) is 0 Å². The van der Waals surface area contributed by atoms with Crippen molar-refractivity contribution < 1.29 is 231 Å². The molecule has 0 radical (unpaired) electrons. The van der Waals surface area contributed by atoms with Crippen LogP contribution in [0.25, 0.3) is 0 Å². The number of aliphatic hydroxyl groups excluding tert-OH is 10. The first-order chi connectivity index (χ1) is 62.2. The highest BCUT2D eigenvalue weighted by atomic mass is 16.4. The van der Waals surface area contributed by atoms with Gasteiger partial charge in [-0.3, -0.25) is 115 Å². The third-order valence-electron chi connectivity index (χ3n) is 13.5. The molecule has 3 aliphatic rings. The number of rotatable bonds is 32. The van der Waals surface area contributed by atoms with Gasteiger partial charge in [0, 0.05) is 90.5 Å². The number of allylic oxidation sites excluding steroid dienone is 1. The van der Waals surface area contributed by atoms with Gasteiger partial charge in [-0.25, -0.2) is 9.59 Å². The Bertz CT molecular complexity index is 3860. The van der Waals surface area contributed by atoms with E-state index in [-0.39, 0.29) is 150 Å². The standard InChI is InChI=1S/C14H12O2.3C6H10O2.2C5H6O5.C5H8O3.C5H6O2.2C5H8O2.C4H6O3.C4H8O2.C4H6O2.C3H6O3.2C3H4O3.C3H6O2.C2H4O2/c15-13(11-7-3-1-4-8-11)14(16)12-9-5-2-6-10-12;7-5-3-1-2-4-6(5)8;1-5(7)3-4-6(2)8;1-3-5(7)6(8)4-2;6-3(1-4(7)8)2-5(9)10;6-3(5(9)10)1-2-4(7)8;1-4(6)2-3-5(7)8;6-4-1-2-5(7)3-4;6-4-2-1-3-5(4)7;1-4(6)3-5(2)7;1-3(5)2-4(6)7;2*1-3(5)4(2)6;2*4-1-3(6)2-5;1-2(4)3(5)6;1-3(5)2-4;3-1-2-4/h1-10,13,15H;5,7H,1-4H2;2*3-4H2,1-2H3;2*1-2H2,(H,7,8)(H,9,10);2-3H2,1H3,(H,7,8);1-3H2;4,6H,1-3H2;3H2,1-2H3;2H2,1H3,(H,6,7);3,5H,1-2H3;1-2H3;4-5H,1-2H2;1-2,4,6H;1H3,(H,5,6);4H,2H2,1H3;1,4H,2H2/b;;;;;;;;;;;;;;3-1-;;;. The molecule has 135 heavy (non-hydrogen) atoms. The van der Waals surface area contributed by atoms with Crippen LogP contribution in [0, 0.1) is 0 Å². The average molecular weight is 1940 g/mol. The molecule has 4 atom stereocenters. The normalized spacial score (nSPS) is 12.3. The van der Waals surface area contributed by atoms with Gasteiger partial charge in [0.15, 0.2) is 75.7 Å². The van der Waals surface area contributed by atoms with E-state index in [9.17, 15) is 144 Å². The Balaban J connectivity index is -0.000000107. The predicted octanol–water partition coefficient (Wildman–Crippen LogP) is 2.65. The highest BCUT2D eigenvalue weighted by Crippen LogP contribution is 2.18. The van der Waals surface area contributed by atoms with E-state index < -0.39 is 134 Å². The minimum atomic E-state index is -1.58. The first-order valence-corrected chi connectivity index (χ1v) is 39.7. The van der Waals surface area contributed by atoms with Crippen LogP contribution in [-0.4, -0.2) is 307 Å². The van der Waals surface area contributed by atoms with E-state index in [1.54, 1.807) is 62.4 Å². The van der Waals surface area contributed by atoms with Crippen LogP contribution in [0.1, 0.15) is 260 Å². The fourth-order valence-corrected chi connectivity index (χ4v) is 6.38. The summed E-state index contributed by atoms with van der Waals surface area (Å²) >= 11 is 0. The molecule has 5 rings (SSSR count). The Hall–Kier alpha value is -13.8. The summed E-state index contributed by atoms with van der Waals surface area (Å²) < 4.78 is 0. The van der Waals surface area contributed by atoms with Crippen LogP contribution in [-0.2, 0) is 139 Å². The van der Waals surface area contributed by atoms with Crippen LogP contribution in [0.5, 0.6) is 0 Å². The van der Waals surface area contributed by atoms with Crippen LogP contribution in [0.3, 0.4) is 0 Å². The van der Waals surface area contributed by atoms with Crippen molar-refractivity contribution in [1.29, 1.82) is 0 Å². The quantitative estimate of drug-likeness (QED) is 0.0125. The number of aldehydes is 2. The summed E-state index contributed by atoms with van der Waals surface area (Å²) in [6, 6.07) is 17.7. The summed E-state index contributed by atoms with van der Waals surface area (Å²) in [5.41, 5.74) is 1.15. The number of aliphatic carboxylic acids is 7. The molecule has 0 amide bonds. The molecule has 0 saturated heterocycles. The Morgan fingerprint density at radius 2 is 0.704 bits per heavy atom. The van der Waals surface area contributed by atoms with E-state index >= 15 is 0 Å². The van der Waals surface area contributed by atoms with Crippen LogP contribution in [0.4, 0.5) is 0 Å². The van der Waals surface area contributed by atoms with Gasteiger partial charge in [-0.2, -0.15) is 0 Å². The van der Waals surface area contributed by atoms with Crippen molar-refractivity contribution in [3.8, 4) is 0 Å². The van der Waals surface area contributed by atoms with Gasteiger partial charge in [0.2, 0.25) is 11.6 Å². The number of benzene rings is 2. The molecule has 0 spiro atoms. The van der Waals surface area contributed by atoms with Crippen molar-refractivity contribution in [1.82, 2.24) is 0 Å². The highest BCUT2D eigenvalue weighted by molar-refractivity contribution is 6.37. The molecule has 3 saturated carbocycles. The van der Waals surface area contributed by atoms with Crippen LogP contribution < -0.4 is 0 Å². The van der Waals surface area contributed by atoms with E-state index in [1.165, 1.54) is 76.2 Å². The molecule has 47 heteroatoms. The van der Waals surface area contributed by atoms with Crippen molar-refractivity contribution >= 4 is 176 Å². The SMILES string of the molecule is CC(=O)C(=O)O.CC(=O)C(C)=O.CC(=O)C(C)O.CC(=O)CC(=O)O.CC(=O)CC(C)=O.CC(=O)CCC(=O)O.CC(=O)CCC(C)=O.CC(=O)CO.CCC(=O)C(=O)CC.O=C(CO)CO.O=C(O)CC(=O)CC(=O)O.O=C(O)CCC(=O)C(=O)O.O=C(c1ccccc1)C(O)c1ccccc1.O=C/C(O)=C/O.O=C1CCC(=O)C1.O=C1CCCC1O.O=C1CCCCC1O.O=CCO. The monoisotopic (exact) mass is 1940 g/mol. The maximum Gasteiger partial charge on any atom is 0.372 e. The second-order valence-corrected chi connectivity index (χ2v) is 26.6. The van der Waals surface area contributed by atoms with E-state index in [0.29, 0.717) is 87.9 Å². The number of carboxylic acid groups (broad SMARTS) is 7. The Morgan fingerprint density at radius 3 is 0.867 bits per heavy atom.